The molecule has 0 spiro atoms. The molecule has 144 valence electrons. The van der Waals surface area contributed by atoms with Crippen LogP contribution in [0.4, 0.5) is 11.5 Å². The molecule has 2 heterocycles. The van der Waals surface area contributed by atoms with E-state index in [9.17, 15) is 4.79 Å². The van der Waals surface area contributed by atoms with Crippen molar-refractivity contribution in [2.45, 2.75) is 32.6 Å². The van der Waals surface area contributed by atoms with Gasteiger partial charge in [-0.2, -0.15) is 0 Å². The summed E-state index contributed by atoms with van der Waals surface area (Å²) < 4.78 is 0. The highest BCUT2D eigenvalue weighted by atomic mass is 16.2. The fourth-order valence-electron chi connectivity index (χ4n) is 3.77. The summed E-state index contributed by atoms with van der Waals surface area (Å²) in [5.74, 6) is 1.85. The fraction of sp³-hybridized carbons (Fsp3) is 0.455. The standard InChI is InChI=1S/C22H30N4O/c1-2-25(22(27)11-10-19-7-3-4-8-20(19)23)17-18-12-15-26(16-13-18)21-9-5-6-14-24-21/h3-9,14,18H,2,10-13,15-17,23H2,1H3. The Kier molecular flexibility index (Phi) is 6.69. The summed E-state index contributed by atoms with van der Waals surface area (Å²) in [5.41, 5.74) is 7.83. The van der Waals surface area contributed by atoms with Crippen molar-refractivity contribution in [3.8, 4) is 0 Å². The summed E-state index contributed by atoms with van der Waals surface area (Å²) in [5, 5.41) is 0. The highest BCUT2D eigenvalue weighted by Gasteiger charge is 2.23. The molecule has 0 unspecified atom stereocenters. The van der Waals surface area contributed by atoms with Gasteiger partial charge in [0.25, 0.3) is 0 Å². The Labute approximate surface area is 162 Å². The van der Waals surface area contributed by atoms with Crippen molar-refractivity contribution in [2.75, 3.05) is 36.8 Å². The van der Waals surface area contributed by atoms with Crippen LogP contribution < -0.4 is 10.6 Å². The first-order chi connectivity index (χ1) is 13.2. The molecule has 1 amide bonds. The number of aryl methyl sites for hydroxylation is 1. The van der Waals surface area contributed by atoms with Gasteiger partial charge in [0.2, 0.25) is 5.91 Å². The van der Waals surface area contributed by atoms with Crippen LogP contribution >= 0.6 is 0 Å². The maximum Gasteiger partial charge on any atom is 0.222 e. The van der Waals surface area contributed by atoms with Gasteiger partial charge in [0, 0.05) is 44.5 Å². The van der Waals surface area contributed by atoms with Crippen LogP contribution in [0, 0.1) is 5.92 Å². The first-order valence-corrected chi connectivity index (χ1v) is 9.94. The minimum atomic E-state index is 0.230. The third kappa shape index (κ3) is 5.22. The number of piperidine rings is 1. The smallest absolute Gasteiger partial charge is 0.222 e. The van der Waals surface area contributed by atoms with Crippen LogP contribution in [0.25, 0.3) is 0 Å². The molecule has 27 heavy (non-hydrogen) atoms. The molecule has 2 aromatic rings. The number of benzene rings is 1. The molecule has 1 aliphatic rings. The zero-order chi connectivity index (χ0) is 19.1. The highest BCUT2D eigenvalue weighted by Crippen LogP contribution is 2.23. The normalized spacial score (nSPS) is 14.9. The van der Waals surface area contributed by atoms with Crippen molar-refractivity contribution in [1.82, 2.24) is 9.88 Å². The summed E-state index contributed by atoms with van der Waals surface area (Å²) in [6.07, 6.45) is 5.28. The van der Waals surface area contributed by atoms with Crippen LogP contribution in [0.2, 0.25) is 0 Å². The molecule has 1 aromatic carbocycles. The first kappa shape index (κ1) is 19.2. The largest absolute Gasteiger partial charge is 0.399 e. The molecule has 1 fully saturated rings. The van der Waals surface area contributed by atoms with Gasteiger partial charge in [-0.05, 0) is 55.9 Å². The van der Waals surface area contributed by atoms with Crippen molar-refractivity contribution in [3.05, 3.63) is 54.2 Å². The molecule has 0 bridgehead atoms. The predicted octanol–water partition coefficient (Wildman–Crippen LogP) is 3.36. The average Bonchev–Trinajstić information content (AvgIpc) is 2.72. The lowest BCUT2D eigenvalue weighted by Crippen LogP contribution is -2.41. The minimum Gasteiger partial charge on any atom is -0.399 e. The van der Waals surface area contributed by atoms with Crippen LogP contribution in [0.15, 0.2) is 48.7 Å². The van der Waals surface area contributed by atoms with Gasteiger partial charge in [-0.3, -0.25) is 4.79 Å². The van der Waals surface area contributed by atoms with Gasteiger partial charge in [0.1, 0.15) is 5.82 Å². The van der Waals surface area contributed by atoms with E-state index >= 15 is 0 Å². The number of aromatic nitrogens is 1. The Morgan fingerprint density at radius 3 is 2.59 bits per heavy atom. The van der Waals surface area contributed by atoms with Crippen LogP contribution in [0.3, 0.4) is 0 Å². The van der Waals surface area contributed by atoms with Gasteiger partial charge >= 0.3 is 0 Å². The van der Waals surface area contributed by atoms with E-state index in [4.69, 9.17) is 5.73 Å². The fourth-order valence-corrected chi connectivity index (χ4v) is 3.77. The third-order valence-corrected chi connectivity index (χ3v) is 5.46. The second-order valence-electron chi connectivity index (χ2n) is 7.25. The molecule has 5 nitrogen and oxygen atoms in total. The van der Waals surface area contributed by atoms with Gasteiger partial charge < -0.3 is 15.5 Å². The lowest BCUT2D eigenvalue weighted by Gasteiger charge is -2.35. The Bertz CT molecular complexity index is 726. The number of nitrogens with zero attached hydrogens (tertiary/aromatic N) is 3. The number of nitrogen functional groups attached to an aromatic ring is 1. The number of para-hydroxylation sites is 1. The number of carbonyl (C=O) groups excluding carboxylic acids is 1. The van der Waals surface area contributed by atoms with Gasteiger partial charge in [-0.1, -0.05) is 24.3 Å². The topological polar surface area (TPSA) is 62.5 Å². The second-order valence-corrected chi connectivity index (χ2v) is 7.25. The third-order valence-electron chi connectivity index (χ3n) is 5.46. The zero-order valence-corrected chi connectivity index (χ0v) is 16.2. The number of hydrogen-bond acceptors (Lipinski definition) is 4. The van der Waals surface area contributed by atoms with E-state index in [1.54, 1.807) is 0 Å². The number of rotatable bonds is 7. The van der Waals surface area contributed by atoms with Crippen LogP contribution in [-0.2, 0) is 11.2 Å². The van der Waals surface area contributed by atoms with Crippen molar-refractivity contribution >= 4 is 17.4 Å². The Balaban J connectivity index is 1.47. The highest BCUT2D eigenvalue weighted by molar-refractivity contribution is 5.76. The second kappa shape index (κ2) is 9.40. The van der Waals surface area contributed by atoms with Crippen LogP contribution in [-0.4, -0.2) is 42.0 Å². The van der Waals surface area contributed by atoms with E-state index in [0.29, 0.717) is 18.8 Å². The molecule has 3 rings (SSSR count). The summed E-state index contributed by atoms with van der Waals surface area (Å²) in [6.45, 7) is 5.71. The first-order valence-electron chi connectivity index (χ1n) is 9.94. The molecule has 2 N–H and O–H groups in total. The SMILES string of the molecule is CCN(CC1CCN(c2ccccn2)CC1)C(=O)CCc1ccccc1N. The molecule has 1 aromatic heterocycles. The lowest BCUT2D eigenvalue weighted by atomic mass is 9.96. The molecule has 0 saturated carbocycles. The minimum absolute atomic E-state index is 0.230. The molecule has 1 saturated heterocycles. The average molecular weight is 367 g/mol. The number of hydrogen-bond donors (Lipinski definition) is 1. The van der Waals surface area contributed by atoms with E-state index in [1.165, 1.54) is 0 Å². The number of amides is 1. The molecule has 5 heteroatoms. The van der Waals surface area contributed by atoms with Crippen molar-refractivity contribution in [1.29, 1.82) is 0 Å². The van der Waals surface area contributed by atoms with Crippen molar-refractivity contribution < 1.29 is 4.79 Å². The Morgan fingerprint density at radius 1 is 1.19 bits per heavy atom. The monoisotopic (exact) mass is 366 g/mol. The van der Waals surface area contributed by atoms with E-state index < -0.39 is 0 Å². The maximum atomic E-state index is 12.7. The van der Waals surface area contributed by atoms with Gasteiger partial charge in [0.15, 0.2) is 0 Å². The molecule has 1 aliphatic heterocycles. The predicted molar refractivity (Wildman–Crippen MR) is 111 cm³/mol. The Morgan fingerprint density at radius 2 is 1.93 bits per heavy atom. The molecule has 0 aliphatic carbocycles. The molecule has 0 atom stereocenters. The van der Waals surface area contributed by atoms with Gasteiger partial charge in [-0.15, -0.1) is 0 Å². The molecular formula is C22H30N4O. The number of nitrogens with two attached hydrogens (primary N) is 1. The van der Waals surface area contributed by atoms with E-state index in [2.05, 4.69) is 22.9 Å². The molecular weight excluding hydrogens is 336 g/mol. The Hall–Kier alpha value is -2.56. The van der Waals surface area contributed by atoms with Crippen LogP contribution in [0.5, 0.6) is 0 Å². The van der Waals surface area contributed by atoms with Gasteiger partial charge in [-0.25, -0.2) is 4.98 Å². The van der Waals surface area contributed by atoms with E-state index in [0.717, 1.165) is 56.1 Å². The summed E-state index contributed by atoms with van der Waals surface area (Å²) in [6, 6.07) is 13.9. The van der Waals surface area contributed by atoms with Crippen LogP contribution in [0.1, 0.15) is 31.7 Å². The lowest BCUT2D eigenvalue weighted by molar-refractivity contribution is -0.131. The van der Waals surface area contributed by atoms with E-state index in [-0.39, 0.29) is 5.91 Å². The number of carbonyl (C=O) groups is 1. The summed E-state index contributed by atoms with van der Waals surface area (Å²) >= 11 is 0. The summed E-state index contributed by atoms with van der Waals surface area (Å²) in [7, 11) is 0. The zero-order valence-electron chi connectivity index (χ0n) is 16.2. The number of anilines is 2. The van der Waals surface area contributed by atoms with E-state index in [1.807, 2.05) is 47.5 Å². The quantitative estimate of drug-likeness (QED) is 0.763. The van der Waals surface area contributed by atoms with Crippen molar-refractivity contribution in [3.63, 3.8) is 0 Å². The maximum absolute atomic E-state index is 12.7. The number of pyridine rings is 1. The van der Waals surface area contributed by atoms with Gasteiger partial charge in [0.05, 0.1) is 0 Å². The van der Waals surface area contributed by atoms with Crippen molar-refractivity contribution in [2.24, 2.45) is 5.92 Å². The molecule has 0 radical (unpaired) electrons. The summed E-state index contributed by atoms with van der Waals surface area (Å²) in [4.78, 5) is 21.5.